The highest BCUT2D eigenvalue weighted by Crippen LogP contribution is 2.11. The summed E-state index contributed by atoms with van der Waals surface area (Å²) in [6.45, 7) is 0.245. The predicted octanol–water partition coefficient (Wildman–Crippen LogP) is 0.357. The Hall–Kier alpha value is -0.200. The summed E-state index contributed by atoms with van der Waals surface area (Å²) in [5, 5.41) is 9.84. The zero-order chi connectivity index (χ0) is 7.56. The van der Waals surface area contributed by atoms with Crippen LogP contribution in [0.5, 0.6) is 0 Å². The van der Waals surface area contributed by atoms with Crippen LogP contribution in [-0.4, -0.2) is 29.4 Å². The molecule has 1 saturated heterocycles. The Balaban J connectivity index is 2.33. The third kappa shape index (κ3) is 1.89. The molecule has 0 amide bonds. The van der Waals surface area contributed by atoms with Gasteiger partial charge in [-0.3, -0.25) is 10.1 Å². The molecule has 0 spiro atoms. The van der Waals surface area contributed by atoms with Crippen LogP contribution in [0, 0.1) is 10.1 Å². The third-order valence-corrected chi connectivity index (χ3v) is 1.60. The molecule has 1 aliphatic heterocycles. The summed E-state index contributed by atoms with van der Waals surface area (Å²) in [6.07, 6.45) is -0.992. The maximum absolute atomic E-state index is 10.0. The van der Waals surface area contributed by atoms with Crippen LogP contribution < -0.4 is 0 Å². The van der Waals surface area contributed by atoms with Gasteiger partial charge in [-0.2, -0.15) is 0 Å². The van der Waals surface area contributed by atoms with Crippen molar-refractivity contribution in [3.05, 3.63) is 10.1 Å². The Kier molecular flexibility index (Phi) is 2.58. The van der Waals surface area contributed by atoms with Gasteiger partial charge in [0.1, 0.15) is 11.6 Å². The topological polar surface area (TPSA) is 61.6 Å². The van der Waals surface area contributed by atoms with Gasteiger partial charge in [-0.05, 0) is 0 Å². The fourth-order valence-corrected chi connectivity index (χ4v) is 0.897. The molecule has 0 radical (unpaired) electrons. The van der Waals surface area contributed by atoms with Gasteiger partial charge >= 0.3 is 6.23 Å². The SMILES string of the molecule is O=[N+]([O-])C1COC(Br)CO1. The maximum atomic E-state index is 10.0. The van der Waals surface area contributed by atoms with E-state index in [9.17, 15) is 10.1 Å². The van der Waals surface area contributed by atoms with Crippen molar-refractivity contribution in [1.29, 1.82) is 0 Å². The zero-order valence-electron chi connectivity index (χ0n) is 5.03. The molecule has 0 aromatic rings. The fraction of sp³-hybridized carbons (Fsp3) is 1.00. The van der Waals surface area contributed by atoms with Crippen molar-refractivity contribution in [2.45, 2.75) is 11.2 Å². The Morgan fingerprint density at radius 1 is 1.50 bits per heavy atom. The van der Waals surface area contributed by atoms with E-state index in [1.165, 1.54) is 0 Å². The van der Waals surface area contributed by atoms with Crippen molar-refractivity contribution in [1.82, 2.24) is 0 Å². The van der Waals surface area contributed by atoms with Crippen molar-refractivity contribution in [3.8, 4) is 0 Å². The summed E-state index contributed by atoms with van der Waals surface area (Å²) in [5.41, 5.74) is 0. The number of nitrogens with zero attached hydrogens (tertiary/aromatic N) is 1. The first-order valence-corrected chi connectivity index (χ1v) is 3.62. The molecule has 0 aliphatic carbocycles. The summed E-state index contributed by atoms with van der Waals surface area (Å²) < 4.78 is 9.68. The molecule has 0 bridgehead atoms. The van der Waals surface area contributed by atoms with Crippen LogP contribution in [0.3, 0.4) is 0 Å². The molecule has 5 nitrogen and oxygen atoms in total. The molecule has 58 valence electrons. The van der Waals surface area contributed by atoms with E-state index in [0.717, 1.165) is 0 Å². The van der Waals surface area contributed by atoms with E-state index in [2.05, 4.69) is 15.9 Å². The average molecular weight is 212 g/mol. The monoisotopic (exact) mass is 211 g/mol. The van der Waals surface area contributed by atoms with E-state index in [4.69, 9.17) is 9.47 Å². The highest BCUT2D eigenvalue weighted by Gasteiger charge is 2.28. The molecule has 0 aromatic heterocycles. The molecule has 1 heterocycles. The standard InChI is InChI=1S/C4H6BrNO4/c5-3-1-10-4(2-9-3)6(7)8/h3-4H,1-2H2. The second-order valence-corrected chi connectivity index (χ2v) is 2.84. The van der Waals surface area contributed by atoms with Gasteiger partial charge in [0.15, 0.2) is 0 Å². The fourth-order valence-electron chi connectivity index (χ4n) is 0.591. The van der Waals surface area contributed by atoms with E-state index in [-0.39, 0.29) is 18.2 Å². The summed E-state index contributed by atoms with van der Waals surface area (Å²) in [6, 6.07) is 0. The van der Waals surface area contributed by atoms with Gasteiger partial charge < -0.3 is 9.47 Å². The van der Waals surface area contributed by atoms with Gasteiger partial charge in [-0.25, -0.2) is 0 Å². The third-order valence-electron chi connectivity index (χ3n) is 1.07. The summed E-state index contributed by atoms with van der Waals surface area (Å²) in [4.78, 5) is 9.55. The van der Waals surface area contributed by atoms with E-state index in [1.54, 1.807) is 0 Å². The minimum Gasteiger partial charge on any atom is -0.355 e. The van der Waals surface area contributed by atoms with E-state index in [1.807, 2.05) is 0 Å². The van der Waals surface area contributed by atoms with E-state index >= 15 is 0 Å². The first-order chi connectivity index (χ1) is 4.70. The lowest BCUT2D eigenvalue weighted by Gasteiger charge is -2.20. The first-order valence-electron chi connectivity index (χ1n) is 2.71. The lowest BCUT2D eigenvalue weighted by atomic mass is 10.5. The van der Waals surface area contributed by atoms with Crippen LogP contribution in [-0.2, 0) is 9.47 Å². The Morgan fingerprint density at radius 3 is 2.60 bits per heavy atom. The van der Waals surface area contributed by atoms with Gasteiger partial charge in [-0.15, -0.1) is 0 Å². The molecule has 0 N–H and O–H groups in total. The van der Waals surface area contributed by atoms with Crippen LogP contribution in [0.25, 0.3) is 0 Å². The lowest BCUT2D eigenvalue weighted by molar-refractivity contribution is -0.586. The Bertz CT molecular complexity index is 133. The molecule has 2 atom stereocenters. The maximum Gasteiger partial charge on any atom is 0.338 e. The van der Waals surface area contributed by atoms with Crippen molar-refractivity contribution in [3.63, 3.8) is 0 Å². The second-order valence-electron chi connectivity index (χ2n) is 1.82. The van der Waals surface area contributed by atoms with E-state index in [0.29, 0.717) is 0 Å². The zero-order valence-corrected chi connectivity index (χ0v) is 6.61. The minimum absolute atomic E-state index is 0.0168. The number of rotatable bonds is 1. The molecule has 1 rings (SSSR count). The Morgan fingerprint density at radius 2 is 2.20 bits per heavy atom. The van der Waals surface area contributed by atoms with Gasteiger partial charge in [0.2, 0.25) is 0 Å². The van der Waals surface area contributed by atoms with Crippen molar-refractivity contribution in [2.75, 3.05) is 13.2 Å². The smallest absolute Gasteiger partial charge is 0.338 e. The number of nitro groups is 1. The van der Waals surface area contributed by atoms with Crippen molar-refractivity contribution in [2.24, 2.45) is 0 Å². The van der Waals surface area contributed by atoms with Crippen molar-refractivity contribution >= 4 is 15.9 Å². The minimum atomic E-state index is -0.992. The van der Waals surface area contributed by atoms with Crippen LogP contribution in [0.1, 0.15) is 0 Å². The average Bonchev–Trinajstić information content (AvgIpc) is 1.88. The molecule has 0 aromatic carbocycles. The molecule has 2 unspecified atom stereocenters. The lowest BCUT2D eigenvalue weighted by Crippen LogP contribution is -2.37. The molecular formula is C4H6BrNO4. The number of hydrogen-bond acceptors (Lipinski definition) is 4. The first kappa shape index (κ1) is 7.90. The highest BCUT2D eigenvalue weighted by molar-refractivity contribution is 9.09. The largest absolute Gasteiger partial charge is 0.355 e. The highest BCUT2D eigenvalue weighted by atomic mass is 79.9. The molecule has 6 heteroatoms. The number of halogens is 1. The van der Waals surface area contributed by atoms with Crippen molar-refractivity contribution < 1.29 is 14.4 Å². The second kappa shape index (κ2) is 3.27. The molecule has 10 heavy (non-hydrogen) atoms. The number of ether oxygens (including phenoxy) is 2. The summed E-state index contributed by atoms with van der Waals surface area (Å²) >= 11 is 3.10. The van der Waals surface area contributed by atoms with Crippen LogP contribution in [0.4, 0.5) is 0 Å². The van der Waals surface area contributed by atoms with Gasteiger partial charge in [-0.1, -0.05) is 15.9 Å². The quantitative estimate of drug-likeness (QED) is 0.357. The summed E-state index contributed by atoms with van der Waals surface area (Å²) in [7, 11) is 0. The predicted molar refractivity (Wildman–Crippen MR) is 35.4 cm³/mol. The van der Waals surface area contributed by atoms with Crippen LogP contribution in [0.2, 0.25) is 0 Å². The Labute approximate surface area is 65.6 Å². The summed E-state index contributed by atoms with van der Waals surface area (Å²) in [5.74, 6) is 0. The van der Waals surface area contributed by atoms with Gasteiger partial charge in [0.25, 0.3) is 0 Å². The molecule has 1 fully saturated rings. The van der Waals surface area contributed by atoms with Crippen LogP contribution >= 0.6 is 15.9 Å². The van der Waals surface area contributed by atoms with Crippen LogP contribution in [0.15, 0.2) is 0 Å². The number of alkyl halides is 1. The number of hydrogen-bond donors (Lipinski definition) is 0. The molecular weight excluding hydrogens is 206 g/mol. The molecule has 1 aliphatic rings. The molecule has 0 saturated carbocycles. The van der Waals surface area contributed by atoms with Gasteiger partial charge in [0.05, 0.1) is 11.5 Å². The van der Waals surface area contributed by atoms with Gasteiger partial charge in [0, 0.05) is 0 Å². The van der Waals surface area contributed by atoms with E-state index < -0.39 is 11.2 Å². The normalized spacial score (nSPS) is 33.7.